The lowest BCUT2D eigenvalue weighted by Gasteiger charge is -2.31. The van der Waals surface area contributed by atoms with Crippen molar-refractivity contribution >= 4 is 17.4 Å². The van der Waals surface area contributed by atoms with Crippen molar-refractivity contribution in [2.24, 2.45) is 0 Å². The fourth-order valence-corrected chi connectivity index (χ4v) is 3.68. The summed E-state index contributed by atoms with van der Waals surface area (Å²) in [7, 11) is 0. The van der Waals surface area contributed by atoms with Gasteiger partial charge in [-0.05, 0) is 43.9 Å². The molecule has 0 radical (unpaired) electrons. The molecule has 5 heteroatoms. The van der Waals surface area contributed by atoms with Gasteiger partial charge in [-0.1, -0.05) is 18.2 Å². The van der Waals surface area contributed by atoms with E-state index < -0.39 is 0 Å². The van der Waals surface area contributed by atoms with E-state index in [0.717, 1.165) is 37.2 Å². The molecule has 2 aromatic rings. The molecule has 0 saturated carbocycles. The van der Waals surface area contributed by atoms with Crippen molar-refractivity contribution in [3.63, 3.8) is 0 Å². The van der Waals surface area contributed by atoms with Crippen LogP contribution in [0.1, 0.15) is 51.0 Å². The molecule has 1 aromatic heterocycles. The molecule has 0 spiro atoms. The first-order valence-electron chi connectivity index (χ1n) is 8.80. The Kier molecular flexibility index (Phi) is 4.93. The number of nitrogens with zero attached hydrogens (tertiary/aromatic N) is 1. The van der Waals surface area contributed by atoms with Crippen molar-refractivity contribution < 1.29 is 9.59 Å². The molecule has 1 aromatic carbocycles. The second-order valence-electron chi connectivity index (χ2n) is 6.66. The molecule has 1 aliphatic heterocycles. The molecular formula is C20H25N3O2. The van der Waals surface area contributed by atoms with Gasteiger partial charge in [0.05, 0.1) is 11.3 Å². The number of nitrogens with one attached hydrogen (secondary N) is 2. The van der Waals surface area contributed by atoms with E-state index in [4.69, 9.17) is 0 Å². The van der Waals surface area contributed by atoms with Gasteiger partial charge in [0.1, 0.15) is 0 Å². The van der Waals surface area contributed by atoms with E-state index in [0.29, 0.717) is 17.8 Å². The van der Waals surface area contributed by atoms with E-state index in [1.807, 2.05) is 13.8 Å². The van der Waals surface area contributed by atoms with Crippen molar-refractivity contribution in [2.75, 3.05) is 24.5 Å². The molecule has 5 nitrogen and oxygen atoms in total. The molecule has 0 fully saturated rings. The van der Waals surface area contributed by atoms with Crippen molar-refractivity contribution in [1.29, 1.82) is 0 Å². The number of rotatable bonds is 5. The maximum absolute atomic E-state index is 12.5. The minimum atomic E-state index is -0.121. The monoisotopic (exact) mass is 339 g/mol. The molecule has 2 N–H and O–H groups in total. The topological polar surface area (TPSA) is 65.2 Å². The minimum absolute atomic E-state index is 0.0513. The SMILES string of the molecule is CC(=O)c1[nH]c(C)c(C(=O)NCCN2CCCc3ccccc32)c1C. The second kappa shape index (κ2) is 7.13. The summed E-state index contributed by atoms with van der Waals surface area (Å²) in [5.41, 5.74) is 5.23. The maximum atomic E-state index is 12.5. The smallest absolute Gasteiger partial charge is 0.253 e. The fraction of sp³-hybridized carbons (Fsp3) is 0.400. The normalized spacial score (nSPS) is 13.5. The lowest BCUT2D eigenvalue weighted by atomic mass is 10.0. The minimum Gasteiger partial charge on any atom is -0.370 e. The number of benzene rings is 1. The first-order valence-corrected chi connectivity index (χ1v) is 8.80. The fourth-order valence-electron chi connectivity index (χ4n) is 3.68. The number of carbonyl (C=O) groups excluding carboxylic acids is 2. The number of anilines is 1. The van der Waals surface area contributed by atoms with Crippen LogP contribution >= 0.6 is 0 Å². The lowest BCUT2D eigenvalue weighted by molar-refractivity contribution is 0.0953. The van der Waals surface area contributed by atoms with Crippen molar-refractivity contribution in [3.05, 3.63) is 52.3 Å². The average Bonchev–Trinajstić information content (AvgIpc) is 2.90. The standard InChI is InChI=1S/C20H25N3O2/c1-13-18(14(2)22-19(13)15(3)24)20(25)21-10-12-23-11-6-8-16-7-4-5-9-17(16)23/h4-5,7,9,22H,6,8,10-12H2,1-3H3,(H,21,25). The zero-order chi connectivity index (χ0) is 18.0. The number of hydrogen-bond donors (Lipinski definition) is 2. The number of Topliss-reactive ketones (excluding diaryl/α,β-unsaturated/α-hetero) is 1. The summed E-state index contributed by atoms with van der Waals surface area (Å²) in [4.78, 5) is 29.5. The first-order chi connectivity index (χ1) is 12.0. The Morgan fingerprint density at radius 2 is 2.00 bits per heavy atom. The number of aryl methyl sites for hydroxylation is 2. The summed E-state index contributed by atoms with van der Waals surface area (Å²) in [6, 6.07) is 8.46. The molecule has 3 rings (SSSR count). The van der Waals surface area contributed by atoms with Gasteiger partial charge in [-0.15, -0.1) is 0 Å². The molecule has 1 aliphatic rings. The number of amides is 1. The molecule has 0 unspecified atom stereocenters. The number of para-hydroxylation sites is 1. The van der Waals surface area contributed by atoms with Crippen LogP contribution in [0.3, 0.4) is 0 Å². The van der Waals surface area contributed by atoms with Crippen LogP contribution in [0.25, 0.3) is 0 Å². The van der Waals surface area contributed by atoms with Gasteiger partial charge < -0.3 is 15.2 Å². The zero-order valence-corrected chi connectivity index (χ0v) is 15.1. The first kappa shape index (κ1) is 17.3. The molecule has 0 aliphatic carbocycles. The number of aromatic nitrogens is 1. The van der Waals surface area contributed by atoms with Crippen molar-refractivity contribution in [1.82, 2.24) is 10.3 Å². The van der Waals surface area contributed by atoms with Gasteiger partial charge in [0.2, 0.25) is 0 Å². The number of fused-ring (bicyclic) bond motifs is 1. The Balaban J connectivity index is 1.64. The summed E-state index contributed by atoms with van der Waals surface area (Å²) < 4.78 is 0. The summed E-state index contributed by atoms with van der Waals surface area (Å²) in [5, 5.41) is 3.00. The Hall–Kier alpha value is -2.56. The Bertz CT molecular complexity index is 807. The van der Waals surface area contributed by atoms with Crippen molar-refractivity contribution in [2.45, 2.75) is 33.6 Å². The number of ketones is 1. The quantitative estimate of drug-likeness (QED) is 0.823. The average molecular weight is 339 g/mol. The van der Waals surface area contributed by atoms with E-state index in [2.05, 4.69) is 39.5 Å². The third kappa shape index (κ3) is 3.45. The van der Waals surface area contributed by atoms with Gasteiger partial charge in [0.25, 0.3) is 5.91 Å². The van der Waals surface area contributed by atoms with Gasteiger partial charge in [-0.2, -0.15) is 0 Å². The molecule has 0 bridgehead atoms. The highest BCUT2D eigenvalue weighted by Gasteiger charge is 2.20. The number of carbonyl (C=O) groups is 2. The van der Waals surface area contributed by atoms with Crippen LogP contribution in [0, 0.1) is 13.8 Å². The number of aromatic amines is 1. The summed E-state index contributed by atoms with van der Waals surface area (Å²) in [6.07, 6.45) is 2.26. The molecule has 25 heavy (non-hydrogen) atoms. The maximum Gasteiger partial charge on any atom is 0.253 e. The number of H-pyrrole nitrogens is 1. The Labute approximate surface area is 148 Å². The summed E-state index contributed by atoms with van der Waals surface area (Å²) >= 11 is 0. The molecule has 2 heterocycles. The highest BCUT2D eigenvalue weighted by molar-refractivity contribution is 6.02. The summed E-state index contributed by atoms with van der Waals surface area (Å²) in [6.45, 7) is 7.53. The van der Waals surface area contributed by atoms with Crippen LogP contribution in [0.5, 0.6) is 0 Å². The largest absolute Gasteiger partial charge is 0.370 e. The van der Waals surface area contributed by atoms with E-state index in [-0.39, 0.29) is 11.7 Å². The van der Waals surface area contributed by atoms with Crippen LogP contribution in [0.4, 0.5) is 5.69 Å². The molecule has 1 amide bonds. The van der Waals surface area contributed by atoms with Gasteiger partial charge >= 0.3 is 0 Å². The highest BCUT2D eigenvalue weighted by Crippen LogP contribution is 2.26. The van der Waals surface area contributed by atoms with Gasteiger partial charge in [0.15, 0.2) is 5.78 Å². The Morgan fingerprint density at radius 3 is 2.72 bits per heavy atom. The second-order valence-corrected chi connectivity index (χ2v) is 6.66. The third-order valence-corrected chi connectivity index (χ3v) is 4.89. The van der Waals surface area contributed by atoms with E-state index in [9.17, 15) is 9.59 Å². The molecular weight excluding hydrogens is 314 g/mol. The van der Waals surface area contributed by atoms with Crippen LogP contribution in [0.2, 0.25) is 0 Å². The zero-order valence-electron chi connectivity index (χ0n) is 15.1. The van der Waals surface area contributed by atoms with Crippen LogP contribution < -0.4 is 10.2 Å². The van der Waals surface area contributed by atoms with E-state index in [1.165, 1.54) is 18.2 Å². The Morgan fingerprint density at radius 1 is 1.24 bits per heavy atom. The van der Waals surface area contributed by atoms with Crippen LogP contribution in [-0.2, 0) is 6.42 Å². The highest BCUT2D eigenvalue weighted by atomic mass is 16.1. The predicted molar refractivity (Wildman–Crippen MR) is 99.6 cm³/mol. The third-order valence-electron chi connectivity index (χ3n) is 4.89. The molecule has 132 valence electrons. The van der Waals surface area contributed by atoms with Crippen molar-refractivity contribution in [3.8, 4) is 0 Å². The summed E-state index contributed by atoms with van der Waals surface area (Å²) in [5.74, 6) is -0.173. The molecule has 0 atom stereocenters. The van der Waals surface area contributed by atoms with Gasteiger partial charge in [-0.25, -0.2) is 0 Å². The number of hydrogen-bond acceptors (Lipinski definition) is 3. The predicted octanol–water partition coefficient (Wildman–Crippen LogP) is 3.02. The van der Waals surface area contributed by atoms with E-state index in [1.54, 1.807) is 0 Å². The van der Waals surface area contributed by atoms with Gasteiger partial charge in [-0.3, -0.25) is 9.59 Å². The van der Waals surface area contributed by atoms with E-state index >= 15 is 0 Å². The van der Waals surface area contributed by atoms with Gasteiger partial charge in [0, 0.05) is 37.9 Å². The lowest BCUT2D eigenvalue weighted by Crippen LogP contribution is -2.37. The molecule has 0 saturated heterocycles. The van der Waals surface area contributed by atoms with Crippen LogP contribution in [-0.4, -0.2) is 36.3 Å². The van der Waals surface area contributed by atoms with Crippen LogP contribution in [0.15, 0.2) is 24.3 Å².